The molecule has 0 aromatic carbocycles. The van der Waals surface area contributed by atoms with Crippen molar-refractivity contribution in [2.75, 3.05) is 0 Å². The van der Waals surface area contributed by atoms with Crippen LogP contribution >= 0.6 is 0 Å². The number of hydrogen-bond acceptors (Lipinski definition) is 7. The van der Waals surface area contributed by atoms with Gasteiger partial charge in [0.2, 0.25) is 0 Å². The van der Waals surface area contributed by atoms with Crippen LogP contribution in [0.1, 0.15) is 146 Å². The standard InChI is InChI=1S/C27H54O7/c1-11-17-19-21-26(15-5,24(7,8)13-3)31-33-29-23(28)30-34-32-27(16-6,22-20-18-12-2)25(9,10)14-4/h11-22H2,1-10H3. The van der Waals surface area contributed by atoms with E-state index < -0.39 is 17.4 Å². The zero-order chi connectivity index (χ0) is 26.3. The molecule has 7 heteroatoms. The van der Waals surface area contributed by atoms with E-state index in [1.807, 2.05) is 0 Å². The molecule has 0 aliphatic rings. The van der Waals surface area contributed by atoms with E-state index in [0.717, 1.165) is 77.0 Å². The molecule has 0 aromatic rings. The lowest BCUT2D eigenvalue weighted by Gasteiger charge is -2.44. The van der Waals surface area contributed by atoms with Crippen molar-refractivity contribution < 1.29 is 34.4 Å². The summed E-state index contributed by atoms with van der Waals surface area (Å²) >= 11 is 0. The normalized spacial score (nSPS) is 16.1. The van der Waals surface area contributed by atoms with Crippen LogP contribution in [0.4, 0.5) is 4.79 Å². The van der Waals surface area contributed by atoms with Crippen molar-refractivity contribution in [3.05, 3.63) is 0 Å². The summed E-state index contributed by atoms with van der Waals surface area (Å²) in [6.07, 6.45) is 10.1. The third-order valence-corrected chi connectivity index (χ3v) is 8.34. The zero-order valence-electron chi connectivity index (χ0n) is 23.8. The maximum absolute atomic E-state index is 12.1. The number of hydrogen-bond donors (Lipinski definition) is 0. The zero-order valence-corrected chi connectivity index (χ0v) is 23.8. The average molecular weight is 491 g/mol. The summed E-state index contributed by atoms with van der Waals surface area (Å²) < 4.78 is 0. The van der Waals surface area contributed by atoms with Gasteiger partial charge in [0.25, 0.3) is 0 Å². The Bertz CT molecular complexity index is 503. The number of carbonyl (C=O) groups excluding carboxylic acids is 1. The molecule has 2 unspecified atom stereocenters. The minimum atomic E-state index is -1.18. The molecule has 0 rings (SSSR count). The van der Waals surface area contributed by atoms with Crippen LogP contribution in [0.3, 0.4) is 0 Å². The number of rotatable bonds is 20. The Balaban J connectivity index is 4.99. The predicted octanol–water partition coefficient (Wildman–Crippen LogP) is 9.20. The van der Waals surface area contributed by atoms with Crippen LogP contribution in [-0.2, 0) is 29.6 Å². The minimum absolute atomic E-state index is 0.173. The molecule has 0 bridgehead atoms. The van der Waals surface area contributed by atoms with Gasteiger partial charge in [-0.05, 0) is 59.4 Å². The lowest BCUT2D eigenvalue weighted by atomic mass is 9.69. The molecule has 0 N–H and O–H groups in total. The fourth-order valence-corrected chi connectivity index (χ4v) is 4.61. The SMILES string of the molecule is CCCCCC(CC)(OOOC(=O)OOOC(CC)(CCCCC)C(C)(C)CC)C(C)(C)CC. The Kier molecular flexibility index (Phi) is 15.6. The first-order chi connectivity index (χ1) is 16.0. The van der Waals surface area contributed by atoms with Crippen molar-refractivity contribution >= 4 is 6.16 Å². The predicted molar refractivity (Wildman–Crippen MR) is 134 cm³/mol. The molecule has 0 saturated carbocycles. The molecule has 0 aliphatic carbocycles. The van der Waals surface area contributed by atoms with E-state index in [2.05, 4.69) is 69.2 Å². The van der Waals surface area contributed by atoms with E-state index in [-0.39, 0.29) is 10.8 Å². The maximum Gasteiger partial charge on any atom is 0.577 e. The Morgan fingerprint density at radius 1 is 0.559 bits per heavy atom. The molecule has 0 amide bonds. The third kappa shape index (κ3) is 9.29. The Hall–Kier alpha value is -0.890. The molecule has 34 heavy (non-hydrogen) atoms. The molecule has 7 nitrogen and oxygen atoms in total. The highest BCUT2D eigenvalue weighted by Gasteiger charge is 2.46. The van der Waals surface area contributed by atoms with E-state index >= 15 is 0 Å². The first-order valence-electron chi connectivity index (χ1n) is 13.6. The fraction of sp³-hybridized carbons (Fsp3) is 0.963. The molecular formula is C27H54O7. The van der Waals surface area contributed by atoms with Crippen LogP contribution in [0.15, 0.2) is 0 Å². The highest BCUT2D eigenvalue weighted by molar-refractivity contribution is 5.57. The third-order valence-electron chi connectivity index (χ3n) is 8.34. The largest absolute Gasteiger partial charge is 0.577 e. The second-order valence-electron chi connectivity index (χ2n) is 10.8. The van der Waals surface area contributed by atoms with Crippen LogP contribution in [0.25, 0.3) is 0 Å². The molecule has 2 atom stereocenters. The Labute approximate surface area is 209 Å². The Morgan fingerprint density at radius 3 is 1.18 bits per heavy atom. The van der Waals surface area contributed by atoms with Crippen molar-refractivity contribution in [2.45, 2.75) is 157 Å². The van der Waals surface area contributed by atoms with Gasteiger partial charge in [0.05, 0.1) is 0 Å². The monoisotopic (exact) mass is 490 g/mol. The quantitative estimate of drug-likeness (QED) is 0.0956. The number of unbranched alkanes of at least 4 members (excludes halogenated alkanes) is 4. The fourth-order valence-electron chi connectivity index (χ4n) is 4.61. The lowest BCUT2D eigenvalue weighted by Crippen LogP contribution is -2.47. The molecule has 0 radical (unpaired) electrons. The molecule has 0 heterocycles. The van der Waals surface area contributed by atoms with Gasteiger partial charge in [-0.25, -0.2) is 9.78 Å². The minimum Gasteiger partial charge on any atom is -0.226 e. The van der Waals surface area contributed by atoms with Crippen LogP contribution in [-0.4, -0.2) is 17.4 Å². The van der Waals surface area contributed by atoms with E-state index in [1.165, 1.54) is 0 Å². The summed E-state index contributed by atoms with van der Waals surface area (Å²) in [4.78, 5) is 33.0. The summed E-state index contributed by atoms with van der Waals surface area (Å²) in [5.41, 5.74) is -1.52. The first kappa shape index (κ1) is 33.1. The van der Waals surface area contributed by atoms with Gasteiger partial charge in [-0.3, -0.25) is 0 Å². The van der Waals surface area contributed by atoms with E-state index in [4.69, 9.17) is 29.6 Å². The topological polar surface area (TPSA) is 72.5 Å². The summed E-state index contributed by atoms with van der Waals surface area (Å²) in [7, 11) is 0. The second-order valence-corrected chi connectivity index (χ2v) is 10.8. The molecule has 204 valence electrons. The van der Waals surface area contributed by atoms with Crippen molar-refractivity contribution in [2.24, 2.45) is 10.8 Å². The molecule has 0 fully saturated rings. The average Bonchev–Trinajstić information content (AvgIpc) is 2.81. The molecule has 0 aromatic heterocycles. The summed E-state index contributed by atoms with van der Waals surface area (Å²) in [5, 5.41) is 9.88. The lowest BCUT2D eigenvalue weighted by molar-refractivity contribution is -0.567. The maximum atomic E-state index is 12.1. The van der Waals surface area contributed by atoms with E-state index in [1.54, 1.807) is 0 Å². The van der Waals surface area contributed by atoms with Crippen LogP contribution < -0.4 is 0 Å². The summed E-state index contributed by atoms with van der Waals surface area (Å²) in [6.45, 7) is 21.2. The van der Waals surface area contributed by atoms with Crippen molar-refractivity contribution in [3.63, 3.8) is 0 Å². The molecule has 0 saturated heterocycles. The van der Waals surface area contributed by atoms with Crippen LogP contribution in [0.2, 0.25) is 0 Å². The highest BCUT2D eigenvalue weighted by Crippen LogP contribution is 2.45. The smallest absolute Gasteiger partial charge is 0.226 e. The van der Waals surface area contributed by atoms with Crippen molar-refractivity contribution in [1.29, 1.82) is 0 Å². The van der Waals surface area contributed by atoms with Gasteiger partial charge in [-0.1, -0.05) is 108 Å². The van der Waals surface area contributed by atoms with Gasteiger partial charge in [-0.15, -0.1) is 0 Å². The van der Waals surface area contributed by atoms with Gasteiger partial charge in [0.15, 0.2) is 0 Å². The van der Waals surface area contributed by atoms with E-state index in [0.29, 0.717) is 0 Å². The van der Waals surface area contributed by atoms with Gasteiger partial charge < -0.3 is 0 Å². The highest BCUT2D eigenvalue weighted by atomic mass is 17.6. The number of carbonyl (C=O) groups is 1. The first-order valence-corrected chi connectivity index (χ1v) is 13.6. The van der Waals surface area contributed by atoms with Crippen LogP contribution in [0, 0.1) is 10.8 Å². The van der Waals surface area contributed by atoms with Crippen molar-refractivity contribution in [3.8, 4) is 0 Å². The Morgan fingerprint density at radius 2 is 0.912 bits per heavy atom. The molecular weight excluding hydrogens is 436 g/mol. The summed E-state index contributed by atoms with van der Waals surface area (Å²) in [6, 6.07) is 0. The van der Waals surface area contributed by atoms with Gasteiger partial charge in [0, 0.05) is 0 Å². The van der Waals surface area contributed by atoms with Gasteiger partial charge in [-0.2, -0.15) is 14.6 Å². The second kappa shape index (κ2) is 16.0. The van der Waals surface area contributed by atoms with Crippen LogP contribution in [0.5, 0.6) is 0 Å². The summed E-state index contributed by atoms with van der Waals surface area (Å²) in [5.74, 6) is 0. The van der Waals surface area contributed by atoms with E-state index in [9.17, 15) is 4.79 Å². The molecule has 0 spiro atoms. The van der Waals surface area contributed by atoms with Crippen molar-refractivity contribution in [1.82, 2.24) is 0 Å². The van der Waals surface area contributed by atoms with Gasteiger partial charge in [0.1, 0.15) is 11.2 Å². The van der Waals surface area contributed by atoms with Gasteiger partial charge >= 0.3 is 6.16 Å². The molecule has 0 aliphatic heterocycles.